The molecule has 0 spiro atoms. The number of amides is 1. The lowest BCUT2D eigenvalue weighted by Crippen LogP contribution is -2.25. The highest BCUT2D eigenvalue weighted by Crippen LogP contribution is 2.24. The molecule has 2 aromatic rings. The van der Waals surface area contributed by atoms with Crippen molar-refractivity contribution < 1.29 is 22.7 Å². The second-order valence-electron chi connectivity index (χ2n) is 6.00. The number of benzene rings is 2. The molecule has 2 rings (SSSR count). The van der Waals surface area contributed by atoms with Gasteiger partial charge in [0.25, 0.3) is 5.91 Å². The second kappa shape index (κ2) is 9.05. The van der Waals surface area contributed by atoms with Crippen LogP contribution in [0, 0.1) is 6.92 Å². The number of hydrogen-bond donors (Lipinski definition) is 1. The number of esters is 1. The molecule has 6 nitrogen and oxygen atoms in total. The van der Waals surface area contributed by atoms with Gasteiger partial charge in [0.05, 0.1) is 10.6 Å². The van der Waals surface area contributed by atoms with Crippen molar-refractivity contribution in [1.82, 2.24) is 0 Å². The fraction of sp³-hybridized carbons (Fsp3) is 0.263. The van der Waals surface area contributed by atoms with Crippen LogP contribution in [0.4, 0.5) is 5.69 Å². The Bertz CT molecular complexity index is 923. The summed E-state index contributed by atoms with van der Waals surface area (Å²) in [5.41, 5.74) is 1.28. The van der Waals surface area contributed by atoms with Gasteiger partial charge in [-0.15, -0.1) is 11.8 Å². The van der Waals surface area contributed by atoms with Crippen molar-refractivity contribution in [1.29, 1.82) is 0 Å². The average molecular weight is 408 g/mol. The maximum absolute atomic E-state index is 12.1. The Balaban J connectivity index is 1.90. The minimum atomic E-state index is -3.49. The van der Waals surface area contributed by atoms with E-state index in [1.807, 2.05) is 31.2 Å². The van der Waals surface area contributed by atoms with Crippen molar-refractivity contribution in [2.45, 2.75) is 28.9 Å². The van der Waals surface area contributed by atoms with Crippen molar-refractivity contribution in [3.63, 3.8) is 0 Å². The first-order chi connectivity index (χ1) is 12.7. The molecule has 0 aromatic heterocycles. The molecule has 0 bridgehead atoms. The Hall–Kier alpha value is -2.32. The summed E-state index contributed by atoms with van der Waals surface area (Å²) in [4.78, 5) is 25.0. The summed E-state index contributed by atoms with van der Waals surface area (Å²) < 4.78 is 28.5. The van der Waals surface area contributed by atoms with E-state index >= 15 is 0 Å². The molecule has 27 heavy (non-hydrogen) atoms. The Kier molecular flexibility index (Phi) is 7.04. The third-order valence-corrected chi connectivity index (χ3v) is 5.82. The molecule has 0 aliphatic heterocycles. The standard InChI is InChI=1S/C19H21NO5S2/c1-13-8-10-15(11-9-13)26-14(2)19(22)25-12-18(21)20-16-6-4-5-7-17(16)27(3,23)24/h4-11,14H,12H2,1-3H3,(H,20,21)/t14-/m0/s1. The van der Waals surface area contributed by atoms with Gasteiger partial charge in [0.1, 0.15) is 5.25 Å². The molecule has 0 fully saturated rings. The molecule has 0 radical (unpaired) electrons. The number of para-hydroxylation sites is 1. The first-order valence-corrected chi connectivity index (χ1v) is 10.9. The minimum absolute atomic E-state index is 0.00738. The zero-order chi connectivity index (χ0) is 20.0. The summed E-state index contributed by atoms with van der Waals surface area (Å²) in [6.45, 7) is 3.19. The second-order valence-corrected chi connectivity index (χ2v) is 9.40. The van der Waals surface area contributed by atoms with Crippen LogP contribution in [0.2, 0.25) is 0 Å². The number of thioether (sulfide) groups is 1. The number of carbonyl (C=O) groups excluding carboxylic acids is 2. The molecule has 2 aromatic carbocycles. The van der Waals surface area contributed by atoms with Crippen molar-refractivity contribution in [3.05, 3.63) is 54.1 Å². The Morgan fingerprint density at radius 3 is 2.37 bits per heavy atom. The molecule has 0 saturated heterocycles. The molecular weight excluding hydrogens is 386 g/mol. The fourth-order valence-electron chi connectivity index (χ4n) is 2.20. The maximum Gasteiger partial charge on any atom is 0.319 e. The highest BCUT2D eigenvalue weighted by Gasteiger charge is 2.19. The minimum Gasteiger partial charge on any atom is -0.455 e. The van der Waals surface area contributed by atoms with Crippen LogP contribution in [0.15, 0.2) is 58.3 Å². The highest BCUT2D eigenvalue weighted by molar-refractivity contribution is 8.00. The number of sulfone groups is 1. The van der Waals surface area contributed by atoms with E-state index in [2.05, 4.69) is 5.32 Å². The third-order valence-electron chi connectivity index (χ3n) is 3.57. The highest BCUT2D eigenvalue weighted by atomic mass is 32.2. The number of hydrogen-bond acceptors (Lipinski definition) is 6. The molecule has 0 unspecified atom stereocenters. The number of aryl methyl sites for hydroxylation is 1. The van der Waals surface area contributed by atoms with E-state index in [4.69, 9.17) is 4.74 Å². The van der Waals surface area contributed by atoms with Gasteiger partial charge in [-0.05, 0) is 38.1 Å². The lowest BCUT2D eigenvalue weighted by molar-refractivity contribution is -0.146. The van der Waals surface area contributed by atoms with E-state index in [0.717, 1.165) is 16.7 Å². The summed E-state index contributed by atoms with van der Waals surface area (Å²) in [6, 6.07) is 13.8. The van der Waals surface area contributed by atoms with Crippen LogP contribution in [0.3, 0.4) is 0 Å². The molecule has 0 aliphatic carbocycles. The Morgan fingerprint density at radius 2 is 1.74 bits per heavy atom. The molecule has 1 amide bonds. The molecule has 1 atom stereocenters. The van der Waals surface area contributed by atoms with E-state index < -0.39 is 33.6 Å². The van der Waals surface area contributed by atoms with Crippen LogP contribution < -0.4 is 5.32 Å². The van der Waals surface area contributed by atoms with Crippen molar-refractivity contribution in [2.75, 3.05) is 18.2 Å². The van der Waals surface area contributed by atoms with Gasteiger partial charge in [-0.25, -0.2) is 8.42 Å². The largest absolute Gasteiger partial charge is 0.455 e. The molecule has 144 valence electrons. The number of anilines is 1. The Morgan fingerprint density at radius 1 is 1.11 bits per heavy atom. The van der Waals surface area contributed by atoms with Crippen LogP contribution >= 0.6 is 11.8 Å². The average Bonchev–Trinajstić information content (AvgIpc) is 2.61. The van der Waals surface area contributed by atoms with Crippen LogP contribution in [0.25, 0.3) is 0 Å². The van der Waals surface area contributed by atoms with Crippen LogP contribution in [-0.2, 0) is 24.2 Å². The van der Waals surface area contributed by atoms with E-state index in [1.165, 1.54) is 23.9 Å². The van der Waals surface area contributed by atoms with Gasteiger partial charge in [-0.3, -0.25) is 9.59 Å². The predicted octanol–water partition coefficient (Wildman–Crippen LogP) is 3.06. The van der Waals surface area contributed by atoms with E-state index in [0.29, 0.717) is 0 Å². The summed E-state index contributed by atoms with van der Waals surface area (Å²) in [6.07, 6.45) is 1.06. The summed E-state index contributed by atoms with van der Waals surface area (Å²) >= 11 is 1.34. The van der Waals surface area contributed by atoms with Crippen LogP contribution in [-0.4, -0.2) is 38.4 Å². The Labute approximate surface area is 163 Å². The number of rotatable bonds is 7. The maximum atomic E-state index is 12.1. The lowest BCUT2D eigenvalue weighted by Gasteiger charge is -2.12. The third kappa shape index (κ3) is 6.41. The molecule has 0 heterocycles. The number of carbonyl (C=O) groups is 2. The zero-order valence-electron chi connectivity index (χ0n) is 15.3. The fourth-order valence-corrected chi connectivity index (χ4v) is 3.91. The molecule has 0 aliphatic rings. The smallest absolute Gasteiger partial charge is 0.319 e. The zero-order valence-corrected chi connectivity index (χ0v) is 16.9. The van der Waals surface area contributed by atoms with Gasteiger partial charge in [-0.2, -0.15) is 0 Å². The lowest BCUT2D eigenvalue weighted by atomic mass is 10.2. The SMILES string of the molecule is Cc1ccc(S[C@@H](C)C(=O)OCC(=O)Nc2ccccc2S(C)(=O)=O)cc1. The van der Waals surface area contributed by atoms with Crippen LogP contribution in [0.1, 0.15) is 12.5 Å². The summed E-state index contributed by atoms with van der Waals surface area (Å²) in [7, 11) is -3.49. The molecule has 8 heteroatoms. The monoisotopic (exact) mass is 407 g/mol. The topological polar surface area (TPSA) is 89.5 Å². The first kappa shape index (κ1) is 21.0. The van der Waals surface area contributed by atoms with Crippen molar-refractivity contribution in [2.24, 2.45) is 0 Å². The van der Waals surface area contributed by atoms with Crippen molar-refractivity contribution >= 4 is 39.2 Å². The van der Waals surface area contributed by atoms with Gasteiger partial charge >= 0.3 is 5.97 Å². The quantitative estimate of drug-likeness (QED) is 0.560. The number of nitrogens with one attached hydrogen (secondary N) is 1. The predicted molar refractivity (Wildman–Crippen MR) is 106 cm³/mol. The van der Waals surface area contributed by atoms with Gasteiger partial charge in [0, 0.05) is 11.2 Å². The number of ether oxygens (including phenoxy) is 1. The molecular formula is C19H21NO5S2. The van der Waals surface area contributed by atoms with Crippen LogP contribution in [0.5, 0.6) is 0 Å². The van der Waals surface area contributed by atoms with E-state index in [9.17, 15) is 18.0 Å². The summed E-state index contributed by atoms with van der Waals surface area (Å²) in [5, 5.41) is 1.98. The molecule has 0 saturated carbocycles. The van der Waals surface area contributed by atoms with E-state index in [1.54, 1.807) is 19.1 Å². The van der Waals surface area contributed by atoms with Gasteiger partial charge in [0.15, 0.2) is 16.4 Å². The van der Waals surface area contributed by atoms with E-state index in [-0.39, 0.29) is 10.6 Å². The normalized spacial score (nSPS) is 12.3. The van der Waals surface area contributed by atoms with Gasteiger partial charge in [-0.1, -0.05) is 29.8 Å². The first-order valence-electron chi connectivity index (χ1n) is 8.15. The van der Waals surface area contributed by atoms with Gasteiger partial charge < -0.3 is 10.1 Å². The van der Waals surface area contributed by atoms with Gasteiger partial charge in [0.2, 0.25) is 0 Å². The summed E-state index contributed by atoms with van der Waals surface area (Å²) in [5.74, 6) is -1.13. The molecule has 1 N–H and O–H groups in total. The van der Waals surface area contributed by atoms with Crippen molar-refractivity contribution in [3.8, 4) is 0 Å².